The van der Waals surface area contributed by atoms with E-state index in [0.717, 1.165) is 16.9 Å². The first-order valence-electron chi connectivity index (χ1n) is 8.99. The Morgan fingerprint density at radius 1 is 1.22 bits per heavy atom. The van der Waals surface area contributed by atoms with E-state index in [2.05, 4.69) is 20.6 Å². The number of aromatic nitrogens is 3. The Morgan fingerprint density at radius 3 is 2.69 bits per heavy atom. The largest absolute Gasteiger partial charge is 0.493 e. The lowest BCUT2D eigenvalue weighted by atomic mass is 10.2. The number of methoxy groups -OCH3 is 1. The van der Waals surface area contributed by atoms with Gasteiger partial charge in [-0.15, -0.1) is 0 Å². The van der Waals surface area contributed by atoms with Crippen molar-refractivity contribution in [2.45, 2.75) is 12.7 Å². The normalized spacial score (nSPS) is 11.4. The number of esters is 1. The third kappa shape index (κ3) is 5.90. The zero-order chi connectivity index (χ0) is 23.1. The van der Waals surface area contributed by atoms with E-state index in [9.17, 15) is 22.8 Å². The fourth-order valence-electron chi connectivity index (χ4n) is 2.45. The van der Waals surface area contributed by atoms with Gasteiger partial charge in [0.05, 0.1) is 18.9 Å². The standard InChI is InChI=1S/C20H16F3N5O4/c1-31-16-9-13(4-5-15(16)32-19(30)14-3-2-7-24-11-14)10-25-26-18(29)12-28-8-6-17(27-28)20(21,22)23/h2-11H,12H2,1H3,(H,26,29). The molecule has 1 N–H and O–H groups in total. The molecule has 0 saturated carbocycles. The Morgan fingerprint density at radius 2 is 2.03 bits per heavy atom. The highest BCUT2D eigenvalue weighted by molar-refractivity contribution is 5.91. The molecule has 0 atom stereocenters. The van der Waals surface area contributed by atoms with Crippen LogP contribution in [0.3, 0.4) is 0 Å². The van der Waals surface area contributed by atoms with Gasteiger partial charge in [-0.3, -0.25) is 14.5 Å². The molecule has 12 heteroatoms. The van der Waals surface area contributed by atoms with E-state index >= 15 is 0 Å². The summed E-state index contributed by atoms with van der Waals surface area (Å²) in [7, 11) is 1.39. The number of pyridine rings is 1. The molecule has 166 valence electrons. The van der Waals surface area contributed by atoms with Crippen LogP contribution in [0, 0.1) is 0 Å². The molecule has 0 radical (unpaired) electrons. The highest BCUT2D eigenvalue weighted by Crippen LogP contribution is 2.28. The van der Waals surface area contributed by atoms with Crippen molar-refractivity contribution in [3.05, 3.63) is 71.8 Å². The van der Waals surface area contributed by atoms with Crippen molar-refractivity contribution < 1.29 is 32.2 Å². The molecule has 2 aromatic heterocycles. The van der Waals surface area contributed by atoms with Crippen molar-refractivity contribution in [2.24, 2.45) is 5.10 Å². The predicted molar refractivity (Wildman–Crippen MR) is 105 cm³/mol. The van der Waals surface area contributed by atoms with Crippen molar-refractivity contribution in [1.29, 1.82) is 0 Å². The highest BCUT2D eigenvalue weighted by Gasteiger charge is 2.33. The summed E-state index contributed by atoms with van der Waals surface area (Å²) >= 11 is 0. The van der Waals surface area contributed by atoms with Crippen LogP contribution in [0.4, 0.5) is 13.2 Å². The monoisotopic (exact) mass is 447 g/mol. The molecule has 0 spiro atoms. The van der Waals surface area contributed by atoms with E-state index in [4.69, 9.17) is 9.47 Å². The maximum absolute atomic E-state index is 12.5. The molecule has 0 unspecified atom stereocenters. The Labute approximate surface area is 179 Å². The molecule has 0 saturated heterocycles. The van der Waals surface area contributed by atoms with Crippen LogP contribution in [0.5, 0.6) is 11.5 Å². The van der Waals surface area contributed by atoms with E-state index < -0.39 is 30.3 Å². The number of carbonyl (C=O) groups excluding carboxylic acids is 2. The minimum Gasteiger partial charge on any atom is -0.493 e. The van der Waals surface area contributed by atoms with E-state index in [1.165, 1.54) is 37.9 Å². The van der Waals surface area contributed by atoms with Crippen LogP contribution in [-0.4, -0.2) is 40.0 Å². The van der Waals surface area contributed by atoms with Gasteiger partial charge in [0, 0.05) is 18.6 Å². The lowest BCUT2D eigenvalue weighted by Crippen LogP contribution is -2.23. The van der Waals surface area contributed by atoms with Gasteiger partial charge in [-0.25, -0.2) is 10.2 Å². The van der Waals surface area contributed by atoms with E-state index in [1.807, 2.05) is 0 Å². The second-order valence-corrected chi connectivity index (χ2v) is 6.23. The Kier molecular flexibility index (Phi) is 6.83. The quantitative estimate of drug-likeness (QED) is 0.258. The lowest BCUT2D eigenvalue weighted by molar-refractivity contribution is -0.141. The number of halogens is 3. The highest BCUT2D eigenvalue weighted by atomic mass is 19.4. The SMILES string of the molecule is COc1cc(C=NNC(=O)Cn2ccc(C(F)(F)F)n2)ccc1OC(=O)c1cccnc1. The van der Waals surface area contributed by atoms with E-state index in [-0.39, 0.29) is 17.1 Å². The molecular formula is C20H16F3N5O4. The van der Waals surface area contributed by atoms with E-state index in [0.29, 0.717) is 5.56 Å². The number of amides is 1. The molecular weight excluding hydrogens is 431 g/mol. The summed E-state index contributed by atoms with van der Waals surface area (Å²) in [6, 6.07) is 8.49. The van der Waals surface area contributed by atoms with Crippen LogP contribution < -0.4 is 14.9 Å². The first-order chi connectivity index (χ1) is 15.3. The average Bonchev–Trinajstić information content (AvgIpc) is 3.24. The van der Waals surface area contributed by atoms with Gasteiger partial charge in [0.2, 0.25) is 0 Å². The van der Waals surface area contributed by atoms with Gasteiger partial charge in [0.15, 0.2) is 17.2 Å². The summed E-state index contributed by atoms with van der Waals surface area (Å²) in [4.78, 5) is 27.9. The molecule has 9 nitrogen and oxygen atoms in total. The van der Waals surface area contributed by atoms with Crippen LogP contribution in [0.1, 0.15) is 21.6 Å². The topological polar surface area (TPSA) is 108 Å². The maximum Gasteiger partial charge on any atom is 0.435 e. The maximum atomic E-state index is 12.5. The third-order valence-corrected chi connectivity index (χ3v) is 3.93. The van der Waals surface area contributed by atoms with Crippen LogP contribution in [0.25, 0.3) is 0 Å². The first-order valence-corrected chi connectivity index (χ1v) is 8.99. The van der Waals surface area contributed by atoms with Gasteiger partial charge in [-0.05, 0) is 42.0 Å². The third-order valence-electron chi connectivity index (χ3n) is 3.93. The molecule has 0 fully saturated rings. The molecule has 1 aromatic carbocycles. The van der Waals surface area contributed by atoms with Gasteiger partial charge >= 0.3 is 12.1 Å². The number of rotatable bonds is 7. The first kappa shape index (κ1) is 22.5. The van der Waals surface area contributed by atoms with Crippen molar-refractivity contribution in [3.63, 3.8) is 0 Å². The van der Waals surface area contributed by atoms with Gasteiger partial charge in [-0.2, -0.15) is 23.4 Å². The number of carbonyl (C=O) groups is 2. The molecule has 0 bridgehead atoms. The summed E-state index contributed by atoms with van der Waals surface area (Å²) in [6.07, 6.45) is 0.641. The Hall–Kier alpha value is -4.22. The number of ether oxygens (including phenoxy) is 2. The molecule has 0 aliphatic rings. The van der Waals surface area contributed by atoms with Crippen LogP contribution in [0.15, 0.2) is 60.1 Å². The van der Waals surface area contributed by atoms with E-state index in [1.54, 1.807) is 18.2 Å². The molecule has 32 heavy (non-hydrogen) atoms. The van der Waals surface area contributed by atoms with Gasteiger partial charge in [0.1, 0.15) is 6.54 Å². The fraction of sp³-hybridized carbons (Fsp3) is 0.150. The smallest absolute Gasteiger partial charge is 0.435 e. The fourth-order valence-corrected chi connectivity index (χ4v) is 2.45. The van der Waals surface area contributed by atoms with Gasteiger partial charge in [-0.1, -0.05) is 0 Å². The minimum atomic E-state index is -4.59. The van der Waals surface area contributed by atoms with Crippen LogP contribution in [-0.2, 0) is 17.5 Å². The minimum absolute atomic E-state index is 0.168. The van der Waals surface area contributed by atoms with Crippen molar-refractivity contribution in [2.75, 3.05) is 7.11 Å². The summed E-state index contributed by atoms with van der Waals surface area (Å²) in [6.45, 7) is -0.444. The van der Waals surface area contributed by atoms with Crippen molar-refractivity contribution in [3.8, 4) is 11.5 Å². The molecule has 0 aliphatic carbocycles. The number of nitrogens with one attached hydrogen (secondary N) is 1. The van der Waals surface area contributed by atoms with Crippen LogP contribution in [0.2, 0.25) is 0 Å². The lowest BCUT2D eigenvalue weighted by Gasteiger charge is -2.09. The van der Waals surface area contributed by atoms with Gasteiger partial charge in [0.25, 0.3) is 5.91 Å². The molecule has 3 rings (SSSR count). The molecule has 1 amide bonds. The number of nitrogens with zero attached hydrogens (tertiary/aromatic N) is 4. The number of alkyl halides is 3. The zero-order valence-corrected chi connectivity index (χ0v) is 16.5. The number of hydrogen-bond acceptors (Lipinski definition) is 7. The number of hydrogen-bond donors (Lipinski definition) is 1. The Balaban J connectivity index is 1.59. The summed E-state index contributed by atoms with van der Waals surface area (Å²) < 4.78 is 49.0. The van der Waals surface area contributed by atoms with Crippen molar-refractivity contribution >= 4 is 18.1 Å². The zero-order valence-electron chi connectivity index (χ0n) is 16.5. The molecule has 3 aromatic rings. The number of benzene rings is 1. The second kappa shape index (κ2) is 9.73. The molecule has 0 aliphatic heterocycles. The van der Waals surface area contributed by atoms with Gasteiger partial charge < -0.3 is 9.47 Å². The average molecular weight is 447 g/mol. The summed E-state index contributed by atoms with van der Waals surface area (Å²) in [5.74, 6) is -0.875. The summed E-state index contributed by atoms with van der Waals surface area (Å²) in [5.41, 5.74) is 1.86. The molecule has 2 heterocycles. The predicted octanol–water partition coefficient (Wildman–Crippen LogP) is 2.68. The van der Waals surface area contributed by atoms with Crippen LogP contribution >= 0.6 is 0 Å². The second-order valence-electron chi connectivity index (χ2n) is 6.23. The summed E-state index contributed by atoms with van der Waals surface area (Å²) in [5, 5.41) is 7.03. The Bertz CT molecular complexity index is 1130. The van der Waals surface area contributed by atoms with Crippen molar-refractivity contribution in [1.82, 2.24) is 20.2 Å². The number of hydrazone groups is 1.